The van der Waals surface area contributed by atoms with E-state index in [1.54, 1.807) is 57.9 Å². The van der Waals surface area contributed by atoms with Crippen molar-refractivity contribution in [3.05, 3.63) is 41.7 Å². The predicted octanol–water partition coefficient (Wildman–Crippen LogP) is 4.89. The number of hydrogen-bond acceptors (Lipinski definition) is 15. The molecule has 4 rings (SSSR count). The number of methoxy groups -OCH3 is 1. The van der Waals surface area contributed by atoms with Gasteiger partial charge in [0.05, 0.1) is 53.0 Å². The number of allylic oxidation sites excluding steroid dienone is 1. The Morgan fingerprint density at radius 2 is 1.66 bits per heavy atom. The highest BCUT2D eigenvalue weighted by Gasteiger charge is 2.48. The number of nitrogens with one attached hydrogen (secondary N) is 1. The third-order valence-electron chi connectivity index (χ3n) is 11.4. The van der Waals surface area contributed by atoms with Gasteiger partial charge in [-0.05, 0) is 32.9 Å². The zero-order valence-corrected chi connectivity index (χ0v) is 35.8. The van der Waals surface area contributed by atoms with Gasteiger partial charge in [-0.25, -0.2) is 0 Å². The van der Waals surface area contributed by atoms with E-state index in [0.717, 1.165) is 19.2 Å². The molecule has 2 aliphatic rings. The van der Waals surface area contributed by atoms with E-state index in [2.05, 4.69) is 15.3 Å². The number of nitrogens with zero attached hydrogens (tertiary/aromatic N) is 3. The maximum Gasteiger partial charge on any atom is 0.312 e. The fourth-order valence-corrected chi connectivity index (χ4v) is 7.27. The molecule has 0 bridgehead atoms. The van der Waals surface area contributed by atoms with Gasteiger partial charge in [-0.15, -0.1) is 0 Å². The molecule has 16 heteroatoms. The lowest BCUT2D eigenvalue weighted by Gasteiger charge is -2.34. The minimum absolute atomic E-state index is 0.0885. The lowest BCUT2D eigenvalue weighted by atomic mass is 9.81. The highest BCUT2D eigenvalue weighted by atomic mass is 16.7. The number of Topliss-reactive ketones (excluding diaryl/α,β-unsaturated/α-hetero) is 1. The van der Waals surface area contributed by atoms with Crippen LogP contribution in [0, 0.1) is 23.7 Å². The summed E-state index contributed by atoms with van der Waals surface area (Å²) in [6.45, 7) is 15.9. The SMILES string of the molecule is CC[C@@H](OC(C)=O)[C@H](C)[C@H](O)[C@H](C)[C@@H](O)C(C)/C=C/CC(C)C(=O)Nc1c(/C=N/N2CCN(C)CC2)c(O)c2c3c(cc(O)c2c1O)O[C@](C)(O/C=C/[C@@H](C)OC)C3=O. The Hall–Kier alpha value is -4.90. The smallest absolute Gasteiger partial charge is 0.312 e. The van der Waals surface area contributed by atoms with Gasteiger partial charge in [-0.3, -0.25) is 19.4 Å². The van der Waals surface area contributed by atoms with Crippen LogP contribution in [0.4, 0.5) is 5.69 Å². The van der Waals surface area contributed by atoms with E-state index in [1.807, 2.05) is 14.0 Å². The van der Waals surface area contributed by atoms with Crippen molar-refractivity contribution in [2.24, 2.45) is 28.8 Å². The zero-order chi connectivity index (χ0) is 43.9. The van der Waals surface area contributed by atoms with E-state index in [1.165, 1.54) is 33.4 Å². The number of carbonyl (C=O) groups is 3. The standard InChI is InChI=1S/C43H62N4O12/c1-11-31(58-28(7)48)26(5)38(51)27(6)37(50)23(2)13-12-14-24(3)42(55)45-36-29(22-44-47-18-16-46(9)17-19-47)39(52)35-33(40(36)53)30(49)21-32-34(35)41(54)43(8,59-32)57-20-15-25(4)56-10/h12-13,15,20-27,31,37-38,49-53H,11,14,16-19H2,1-10H3,(H,45,55)/b13-12+,20-15+,44-22+/t23?,24?,25-,26+,27-,31-,37+,38+,43+/m1/s1. The Bertz CT molecular complexity index is 1930. The molecule has 1 fully saturated rings. The molecular weight excluding hydrogens is 764 g/mol. The number of piperazine rings is 1. The second kappa shape index (κ2) is 19.9. The van der Waals surface area contributed by atoms with Gasteiger partial charge >= 0.3 is 11.8 Å². The van der Waals surface area contributed by atoms with E-state index in [9.17, 15) is 39.9 Å². The van der Waals surface area contributed by atoms with E-state index < -0.39 is 82.7 Å². The third kappa shape index (κ3) is 10.7. The second-order valence-electron chi connectivity index (χ2n) is 15.9. The first-order valence-electron chi connectivity index (χ1n) is 20.1. The summed E-state index contributed by atoms with van der Waals surface area (Å²) in [6, 6.07) is 1.14. The Kier molecular flexibility index (Phi) is 15.8. The molecule has 0 saturated carbocycles. The first-order valence-corrected chi connectivity index (χ1v) is 20.1. The molecule has 2 unspecified atom stereocenters. The summed E-state index contributed by atoms with van der Waals surface area (Å²) in [4.78, 5) is 41.4. The van der Waals surface area contributed by atoms with Crippen molar-refractivity contribution in [2.45, 2.75) is 98.4 Å². The molecule has 1 amide bonds. The maximum absolute atomic E-state index is 14.0. The number of amides is 1. The number of hydrazone groups is 1. The third-order valence-corrected chi connectivity index (χ3v) is 11.4. The number of fused-ring (bicyclic) bond motifs is 3. The van der Waals surface area contributed by atoms with Crippen molar-refractivity contribution in [3.8, 4) is 23.0 Å². The summed E-state index contributed by atoms with van der Waals surface area (Å²) >= 11 is 0. The average molecular weight is 827 g/mol. The number of phenols is 3. The van der Waals surface area contributed by atoms with Gasteiger partial charge in [-0.2, -0.15) is 5.10 Å². The molecule has 1 saturated heterocycles. The van der Waals surface area contributed by atoms with Gasteiger partial charge in [-0.1, -0.05) is 46.8 Å². The highest BCUT2D eigenvalue weighted by molar-refractivity contribution is 6.23. The van der Waals surface area contributed by atoms with Crippen molar-refractivity contribution in [1.82, 2.24) is 9.91 Å². The minimum Gasteiger partial charge on any atom is -0.507 e. The topological polar surface area (TPSA) is 220 Å². The fourth-order valence-electron chi connectivity index (χ4n) is 7.27. The van der Waals surface area contributed by atoms with Crippen LogP contribution in [-0.4, -0.2) is 130 Å². The Labute approximate surface area is 346 Å². The monoisotopic (exact) mass is 826 g/mol. The van der Waals surface area contributed by atoms with E-state index in [0.29, 0.717) is 19.5 Å². The van der Waals surface area contributed by atoms with Crippen molar-refractivity contribution in [2.75, 3.05) is 45.7 Å². The number of phenolic OH excluding ortho intramolecular Hbond substituents is 3. The van der Waals surface area contributed by atoms with Gasteiger partial charge in [0.2, 0.25) is 5.91 Å². The molecule has 6 N–H and O–H groups in total. The lowest BCUT2D eigenvalue weighted by Crippen LogP contribution is -2.42. The Morgan fingerprint density at radius 1 is 1.00 bits per heavy atom. The molecule has 9 atom stereocenters. The van der Waals surface area contributed by atoms with Gasteiger partial charge < -0.3 is 54.7 Å². The Morgan fingerprint density at radius 3 is 2.27 bits per heavy atom. The van der Waals surface area contributed by atoms with Gasteiger partial charge in [0.1, 0.15) is 23.4 Å². The number of likely N-dealkylation sites (N-methyl/N-ethyl adjacent to an activating group) is 1. The van der Waals surface area contributed by atoms with Crippen molar-refractivity contribution in [3.63, 3.8) is 0 Å². The lowest BCUT2D eigenvalue weighted by molar-refractivity contribution is -0.153. The molecule has 0 aliphatic carbocycles. The molecule has 59 heavy (non-hydrogen) atoms. The van der Waals surface area contributed by atoms with Crippen LogP contribution in [0.3, 0.4) is 0 Å². The molecule has 16 nitrogen and oxygen atoms in total. The summed E-state index contributed by atoms with van der Waals surface area (Å²) in [5, 5.41) is 65.6. The number of aliphatic hydroxyl groups excluding tert-OH is 2. The van der Waals surface area contributed by atoms with Crippen molar-refractivity contribution in [1.29, 1.82) is 0 Å². The van der Waals surface area contributed by atoms with Crippen molar-refractivity contribution >= 4 is 40.3 Å². The number of rotatable bonds is 18. The average Bonchev–Trinajstić information content (AvgIpc) is 3.44. The number of hydrogen-bond donors (Lipinski definition) is 6. The predicted molar refractivity (Wildman–Crippen MR) is 223 cm³/mol. The molecule has 0 spiro atoms. The van der Waals surface area contributed by atoms with Crippen LogP contribution < -0.4 is 10.1 Å². The summed E-state index contributed by atoms with van der Waals surface area (Å²) < 4.78 is 22.1. The number of benzene rings is 2. The number of aromatic hydroxyl groups is 3. The fraction of sp³-hybridized carbons (Fsp3) is 0.581. The number of aliphatic hydroxyl groups is 2. The molecule has 2 heterocycles. The van der Waals surface area contributed by atoms with E-state index in [4.69, 9.17) is 18.9 Å². The molecule has 0 aromatic heterocycles. The summed E-state index contributed by atoms with van der Waals surface area (Å²) in [5.74, 6) is -7.41. The Balaban J connectivity index is 1.62. The number of esters is 1. The number of ether oxygens (including phenoxy) is 4. The molecule has 2 aliphatic heterocycles. The summed E-state index contributed by atoms with van der Waals surface area (Å²) in [5.41, 5.74) is -0.480. The summed E-state index contributed by atoms with van der Waals surface area (Å²) in [7, 11) is 3.50. The van der Waals surface area contributed by atoms with Gasteiger partial charge in [0.25, 0.3) is 5.78 Å². The molecule has 0 radical (unpaired) electrons. The van der Waals surface area contributed by atoms with Gasteiger partial charge in [0, 0.05) is 82.3 Å². The van der Waals surface area contributed by atoms with Crippen LogP contribution in [-0.2, 0) is 23.8 Å². The van der Waals surface area contributed by atoms with Crippen LogP contribution in [0.1, 0.15) is 84.2 Å². The number of anilines is 1. The number of ketones is 1. The number of carbonyl (C=O) groups excluding carboxylic acids is 3. The maximum atomic E-state index is 14.0. The molecule has 326 valence electrons. The summed E-state index contributed by atoms with van der Waals surface area (Å²) in [6.07, 6.45) is 5.63. The van der Waals surface area contributed by atoms with Crippen LogP contribution >= 0.6 is 0 Å². The van der Waals surface area contributed by atoms with E-state index >= 15 is 0 Å². The van der Waals surface area contributed by atoms with E-state index in [-0.39, 0.29) is 45.9 Å². The molecule has 2 aromatic rings. The van der Waals surface area contributed by atoms with Crippen molar-refractivity contribution < 1.29 is 58.9 Å². The largest absolute Gasteiger partial charge is 0.507 e. The second-order valence-corrected chi connectivity index (χ2v) is 15.9. The first-order chi connectivity index (χ1) is 27.8. The van der Waals surface area contributed by atoms with Gasteiger partial charge in [0.15, 0.2) is 5.75 Å². The first kappa shape index (κ1) is 46.8. The van der Waals surface area contributed by atoms with Crippen LogP contribution in [0.25, 0.3) is 10.8 Å². The van der Waals surface area contributed by atoms with Crippen LogP contribution in [0.2, 0.25) is 0 Å². The quantitative estimate of drug-likeness (QED) is 0.0295. The van der Waals surface area contributed by atoms with Crippen LogP contribution in [0.5, 0.6) is 23.0 Å². The highest BCUT2D eigenvalue weighted by Crippen LogP contribution is 2.53. The molecule has 2 aromatic carbocycles. The zero-order valence-electron chi connectivity index (χ0n) is 35.8. The molecular formula is C43H62N4O12. The van der Waals surface area contributed by atoms with Crippen LogP contribution in [0.15, 0.2) is 35.7 Å². The normalized spacial score (nSPS) is 21.6. The minimum atomic E-state index is -1.88.